The number of hydrogen-bond donors (Lipinski definition) is 1. The summed E-state index contributed by atoms with van der Waals surface area (Å²) in [5.74, 6) is 1.43. The number of hydrogen-bond acceptors (Lipinski definition) is 3. The second kappa shape index (κ2) is 7.69. The number of ether oxygens (including phenoxy) is 1. The van der Waals surface area contributed by atoms with Gasteiger partial charge in [-0.1, -0.05) is 24.6 Å². The summed E-state index contributed by atoms with van der Waals surface area (Å²) in [6.45, 7) is 1.90. The molecule has 0 bridgehead atoms. The SMILES string of the molecule is COc1ccccc1CNC(=O)C1CCN(C(=O)C2CCC2)CC1. The summed E-state index contributed by atoms with van der Waals surface area (Å²) >= 11 is 0. The van der Waals surface area contributed by atoms with Crippen molar-refractivity contribution in [3.05, 3.63) is 29.8 Å². The second-order valence-corrected chi connectivity index (χ2v) is 6.76. The van der Waals surface area contributed by atoms with Crippen LogP contribution in [0.3, 0.4) is 0 Å². The van der Waals surface area contributed by atoms with Crippen LogP contribution in [-0.2, 0) is 16.1 Å². The zero-order valence-corrected chi connectivity index (χ0v) is 14.3. The molecule has 130 valence electrons. The highest BCUT2D eigenvalue weighted by molar-refractivity contribution is 5.81. The van der Waals surface area contributed by atoms with E-state index >= 15 is 0 Å². The number of nitrogens with one attached hydrogen (secondary N) is 1. The molecule has 2 fully saturated rings. The smallest absolute Gasteiger partial charge is 0.225 e. The van der Waals surface area contributed by atoms with E-state index in [1.54, 1.807) is 7.11 Å². The van der Waals surface area contributed by atoms with E-state index in [1.807, 2.05) is 29.2 Å². The Kier molecular flexibility index (Phi) is 5.38. The first-order chi connectivity index (χ1) is 11.7. The third-order valence-corrected chi connectivity index (χ3v) is 5.28. The summed E-state index contributed by atoms with van der Waals surface area (Å²) in [5, 5.41) is 3.01. The van der Waals surface area contributed by atoms with E-state index in [4.69, 9.17) is 4.74 Å². The molecule has 2 aliphatic rings. The maximum absolute atomic E-state index is 12.4. The molecule has 1 saturated carbocycles. The lowest BCUT2D eigenvalue weighted by atomic mass is 9.83. The van der Waals surface area contributed by atoms with Crippen LogP contribution in [0.5, 0.6) is 5.75 Å². The van der Waals surface area contributed by atoms with Gasteiger partial charge in [-0.25, -0.2) is 0 Å². The van der Waals surface area contributed by atoms with Crippen LogP contribution < -0.4 is 10.1 Å². The second-order valence-electron chi connectivity index (χ2n) is 6.76. The molecule has 0 aromatic heterocycles. The Morgan fingerprint density at radius 2 is 1.83 bits per heavy atom. The van der Waals surface area contributed by atoms with E-state index in [2.05, 4.69) is 5.32 Å². The Hall–Kier alpha value is -2.04. The Morgan fingerprint density at radius 1 is 1.12 bits per heavy atom. The van der Waals surface area contributed by atoms with Gasteiger partial charge in [0.05, 0.1) is 7.11 Å². The average Bonchev–Trinajstić information content (AvgIpc) is 2.58. The van der Waals surface area contributed by atoms with E-state index in [9.17, 15) is 9.59 Å². The number of para-hydroxylation sites is 1. The molecule has 0 atom stereocenters. The van der Waals surface area contributed by atoms with E-state index in [0.717, 1.165) is 37.0 Å². The van der Waals surface area contributed by atoms with E-state index in [1.165, 1.54) is 6.42 Å². The summed E-state index contributed by atoms with van der Waals surface area (Å²) < 4.78 is 5.31. The van der Waals surface area contributed by atoms with Gasteiger partial charge in [0, 0.05) is 37.0 Å². The first-order valence-electron chi connectivity index (χ1n) is 8.87. The number of carbonyl (C=O) groups is 2. The molecule has 0 unspecified atom stereocenters. The fourth-order valence-corrected chi connectivity index (χ4v) is 3.45. The van der Waals surface area contributed by atoms with Gasteiger partial charge < -0.3 is 15.0 Å². The van der Waals surface area contributed by atoms with Crippen LogP contribution >= 0.6 is 0 Å². The molecule has 1 saturated heterocycles. The van der Waals surface area contributed by atoms with Crippen LogP contribution in [0.25, 0.3) is 0 Å². The Bertz CT molecular complexity index is 590. The van der Waals surface area contributed by atoms with Gasteiger partial charge in [-0.15, -0.1) is 0 Å². The standard InChI is InChI=1S/C19H26N2O3/c1-24-17-8-3-2-5-16(17)13-20-18(22)14-9-11-21(12-10-14)19(23)15-6-4-7-15/h2-3,5,8,14-15H,4,6-7,9-13H2,1H3,(H,20,22). The monoisotopic (exact) mass is 330 g/mol. The fourth-order valence-electron chi connectivity index (χ4n) is 3.45. The number of carbonyl (C=O) groups excluding carboxylic acids is 2. The summed E-state index contributed by atoms with van der Waals surface area (Å²) in [6, 6.07) is 7.71. The largest absolute Gasteiger partial charge is 0.496 e. The maximum atomic E-state index is 12.4. The molecule has 1 aliphatic carbocycles. The molecule has 1 aliphatic heterocycles. The fraction of sp³-hybridized carbons (Fsp3) is 0.579. The highest BCUT2D eigenvalue weighted by atomic mass is 16.5. The average molecular weight is 330 g/mol. The molecular weight excluding hydrogens is 304 g/mol. The summed E-state index contributed by atoms with van der Waals surface area (Å²) in [5.41, 5.74) is 0.978. The zero-order valence-electron chi connectivity index (χ0n) is 14.3. The third-order valence-electron chi connectivity index (χ3n) is 5.28. The molecule has 3 rings (SSSR count). The molecule has 1 N–H and O–H groups in total. The quantitative estimate of drug-likeness (QED) is 0.901. The van der Waals surface area contributed by atoms with Crippen molar-refractivity contribution in [1.29, 1.82) is 0 Å². The van der Waals surface area contributed by atoms with Crippen LogP contribution in [0.1, 0.15) is 37.7 Å². The Balaban J connectivity index is 1.46. The van der Waals surface area contributed by atoms with Crippen molar-refractivity contribution >= 4 is 11.8 Å². The van der Waals surface area contributed by atoms with Gasteiger partial charge in [0.25, 0.3) is 0 Å². The lowest BCUT2D eigenvalue weighted by Gasteiger charge is -2.36. The number of likely N-dealkylation sites (tertiary alicyclic amines) is 1. The number of nitrogens with zero attached hydrogens (tertiary/aromatic N) is 1. The highest BCUT2D eigenvalue weighted by Gasteiger charge is 2.33. The van der Waals surface area contributed by atoms with Gasteiger partial charge in [-0.05, 0) is 31.7 Å². The van der Waals surface area contributed by atoms with Crippen molar-refractivity contribution in [3.8, 4) is 5.75 Å². The predicted molar refractivity (Wildman–Crippen MR) is 91.5 cm³/mol. The number of piperidine rings is 1. The van der Waals surface area contributed by atoms with Crippen molar-refractivity contribution in [3.63, 3.8) is 0 Å². The third kappa shape index (κ3) is 3.71. The predicted octanol–water partition coefficient (Wildman–Crippen LogP) is 2.35. The van der Waals surface area contributed by atoms with Crippen molar-refractivity contribution in [2.75, 3.05) is 20.2 Å². The first kappa shape index (κ1) is 16.8. The number of benzene rings is 1. The van der Waals surface area contributed by atoms with Crippen molar-refractivity contribution in [1.82, 2.24) is 10.2 Å². The molecule has 1 aromatic rings. The van der Waals surface area contributed by atoms with E-state index in [0.29, 0.717) is 25.5 Å². The maximum Gasteiger partial charge on any atom is 0.225 e. The number of methoxy groups -OCH3 is 1. The van der Waals surface area contributed by atoms with Gasteiger partial charge >= 0.3 is 0 Å². The highest BCUT2D eigenvalue weighted by Crippen LogP contribution is 2.30. The molecule has 0 spiro atoms. The molecule has 24 heavy (non-hydrogen) atoms. The van der Waals surface area contributed by atoms with Gasteiger partial charge in [0.15, 0.2) is 0 Å². The molecule has 2 amide bonds. The van der Waals surface area contributed by atoms with Crippen LogP contribution in [0, 0.1) is 11.8 Å². The molecular formula is C19H26N2O3. The topological polar surface area (TPSA) is 58.6 Å². The minimum Gasteiger partial charge on any atom is -0.496 e. The summed E-state index contributed by atoms with van der Waals surface area (Å²) in [7, 11) is 1.63. The van der Waals surface area contributed by atoms with Gasteiger partial charge in [-0.3, -0.25) is 9.59 Å². The minimum atomic E-state index is 0.00477. The summed E-state index contributed by atoms with van der Waals surface area (Å²) in [4.78, 5) is 26.6. The van der Waals surface area contributed by atoms with Crippen molar-refractivity contribution < 1.29 is 14.3 Å². The van der Waals surface area contributed by atoms with Crippen LogP contribution in [0.15, 0.2) is 24.3 Å². The lowest BCUT2D eigenvalue weighted by Crippen LogP contribution is -2.46. The Labute approximate surface area is 143 Å². The first-order valence-corrected chi connectivity index (χ1v) is 8.87. The van der Waals surface area contributed by atoms with Gasteiger partial charge in [-0.2, -0.15) is 0 Å². The molecule has 0 radical (unpaired) electrons. The van der Waals surface area contributed by atoms with Crippen molar-refractivity contribution in [2.45, 2.75) is 38.6 Å². The van der Waals surface area contributed by atoms with Gasteiger partial charge in [0.1, 0.15) is 5.75 Å². The lowest BCUT2D eigenvalue weighted by molar-refractivity contribution is -0.141. The van der Waals surface area contributed by atoms with Crippen LogP contribution in [-0.4, -0.2) is 36.9 Å². The molecule has 1 aromatic carbocycles. The van der Waals surface area contributed by atoms with E-state index in [-0.39, 0.29) is 17.7 Å². The van der Waals surface area contributed by atoms with Gasteiger partial charge in [0.2, 0.25) is 11.8 Å². The van der Waals surface area contributed by atoms with Crippen LogP contribution in [0.4, 0.5) is 0 Å². The number of amides is 2. The minimum absolute atomic E-state index is 0.00477. The number of rotatable bonds is 5. The van der Waals surface area contributed by atoms with E-state index < -0.39 is 0 Å². The summed E-state index contributed by atoms with van der Waals surface area (Å²) in [6.07, 6.45) is 4.78. The zero-order chi connectivity index (χ0) is 16.9. The van der Waals surface area contributed by atoms with Crippen LogP contribution in [0.2, 0.25) is 0 Å². The van der Waals surface area contributed by atoms with Crippen molar-refractivity contribution in [2.24, 2.45) is 11.8 Å². The normalized spacial score (nSPS) is 18.8. The molecule has 1 heterocycles. The molecule has 5 nitrogen and oxygen atoms in total. The molecule has 5 heteroatoms. The Morgan fingerprint density at radius 3 is 2.46 bits per heavy atom.